The highest BCUT2D eigenvalue weighted by Crippen LogP contribution is 2.20. The first-order chi connectivity index (χ1) is 12.2. The van der Waals surface area contributed by atoms with Crippen LogP contribution in [-0.4, -0.2) is 86.0 Å². The van der Waals surface area contributed by atoms with Crippen molar-refractivity contribution in [3.05, 3.63) is 12.4 Å². The lowest BCUT2D eigenvalue weighted by atomic mass is 10.2. The first-order valence-corrected chi connectivity index (χ1v) is 8.99. The fraction of sp³-hybridized carbons (Fsp3) is 0.706. The molecule has 0 N–H and O–H groups in total. The number of morpholine rings is 1. The molecule has 2 saturated heterocycles. The number of carbonyl (C=O) groups excluding carboxylic acids is 1. The largest absolute Gasteiger partial charge is 0.465 e. The van der Waals surface area contributed by atoms with E-state index in [4.69, 9.17) is 9.47 Å². The summed E-state index contributed by atoms with van der Waals surface area (Å²) in [6.45, 7) is 10.7. The van der Waals surface area contributed by atoms with E-state index in [0.29, 0.717) is 6.61 Å². The van der Waals surface area contributed by atoms with Crippen LogP contribution >= 0.6 is 0 Å². The van der Waals surface area contributed by atoms with Crippen molar-refractivity contribution in [1.82, 2.24) is 14.9 Å². The van der Waals surface area contributed by atoms with Gasteiger partial charge < -0.3 is 19.3 Å². The van der Waals surface area contributed by atoms with Gasteiger partial charge in [-0.2, -0.15) is 0 Å². The highest BCUT2D eigenvalue weighted by Gasteiger charge is 2.27. The summed E-state index contributed by atoms with van der Waals surface area (Å²) < 4.78 is 10.5. The summed E-state index contributed by atoms with van der Waals surface area (Å²) in [5.74, 6) is 1.75. The molecule has 0 spiro atoms. The average Bonchev–Trinajstić information content (AvgIpc) is 2.68. The van der Waals surface area contributed by atoms with Crippen molar-refractivity contribution >= 4 is 17.6 Å². The molecule has 0 amide bonds. The maximum atomic E-state index is 11.9. The molecule has 2 aliphatic rings. The molecule has 0 saturated carbocycles. The third-order valence-corrected chi connectivity index (χ3v) is 4.79. The summed E-state index contributed by atoms with van der Waals surface area (Å²) >= 11 is 0. The Balaban J connectivity index is 1.58. The fourth-order valence-electron chi connectivity index (χ4n) is 3.23. The Bertz CT molecular complexity index is 571. The van der Waals surface area contributed by atoms with Crippen molar-refractivity contribution in [2.45, 2.75) is 19.9 Å². The van der Waals surface area contributed by atoms with E-state index in [1.54, 1.807) is 6.33 Å². The molecular weight excluding hydrogens is 322 g/mol. The summed E-state index contributed by atoms with van der Waals surface area (Å²) in [5.41, 5.74) is 0. The number of hydrogen-bond donors (Lipinski definition) is 0. The zero-order valence-electron chi connectivity index (χ0n) is 15.1. The zero-order chi connectivity index (χ0) is 17.6. The van der Waals surface area contributed by atoms with Crippen LogP contribution in [0.2, 0.25) is 0 Å². The maximum absolute atomic E-state index is 11.9. The highest BCUT2D eigenvalue weighted by molar-refractivity contribution is 5.75. The number of esters is 1. The Hall–Kier alpha value is -1.93. The number of anilines is 2. The van der Waals surface area contributed by atoms with Gasteiger partial charge in [0.05, 0.1) is 19.8 Å². The van der Waals surface area contributed by atoms with Crippen LogP contribution in [-0.2, 0) is 14.3 Å². The minimum absolute atomic E-state index is 0.146. The summed E-state index contributed by atoms with van der Waals surface area (Å²) in [4.78, 5) is 27.4. The predicted molar refractivity (Wildman–Crippen MR) is 94.9 cm³/mol. The average molecular weight is 349 g/mol. The van der Waals surface area contributed by atoms with Crippen LogP contribution in [0.1, 0.15) is 13.8 Å². The van der Waals surface area contributed by atoms with Crippen molar-refractivity contribution in [1.29, 1.82) is 0 Å². The standard InChI is InChI=1S/C17H27N5O3/c1-3-25-17(23)14(2)20-4-6-21(7-5-20)15-12-16(19-13-18-15)22-8-10-24-11-9-22/h12-14H,3-11H2,1-2H3/t14-/m1/s1. The summed E-state index contributed by atoms with van der Waals surface area (Å²) in [5, 5.41) is 0. The fourth-order valence-corrected chi connectivity index (χ4v) is 3.23. The van der Waals surface area contributed by atoms with E-state index >= 15 is 0 Å². The number of nitrogens with zero attached hydrogens (tertiary/aromatic N) is 5. The van der Waals surface area contributed by atoms with Crippen molar-refractivity contribution in [3.8, 4) is 0 Å². The molecule has 3 rings (SSSR count). The maximum Gasteiger partial charge on any atom is 0.323 e. The molecule has 25 heavy (non-hydrogen) atoms. The molecule has 2 aliphatic heterocycles. The molecule has 1 atom stereocenters. The van der Waals surface area contributed by atoms with Gasteiger partial charge in [-0.05, 0) is 13.8 Å². The SMILES string of the molecule is CCOC(=O)[C@@H](C)N1CCN(c2cc(N3CCOCC3)ncn2)CC1. The summed E-state index contributed by atoms with van der Waals surface area (Å²) in [6, 6.07) is 1.85. The lowest BCUT2D eigenvalue weighted by Gasteiger charge is -2.37. The molecule has 2 fully saturated rings. The molecule has 8 heteroatoms. The predicted octanol–water partition coefficient (Wildman–Crippen LogP) is 0.387. The number of hydrogen-bond acceptors (Lipinski definition) is 8. The van der Waals surface area contributed by atoms with E-state index in [0.717, 1.165) is 64.1 Å². The molecule has 138 valence electrons. The Morgan fingerprint density at radius 1 is 1.12 bits per heavy atom. The second-order valence-electron chi connectivity index (χ2n) is 6.28. The van der Waals surface area contributed by atoms with Gasteiger partial charge in [0.2, 0.25) is 0 Å². The van der Waals surface area contributed by atoms with E-state index in [9.17, 15) is 4.79 Å². The molecule has 0 aliphatic carbocycles. The van der Waals surface area contributed by atoms with E-state index in [1.807, 2.05) is 13.8 Å². The Labute approximate surface area is 148 Å². The van der Waals surface area contributed by atoms with E-state index < -0.39 is 0 Å². The summed E-state index contributed by atoms with van der Waals surface area (Å²) in [6.07, 6.45) is 1.63. The third kappa shape index (κ3) is 4.38. The lowest BCUT2D eigenvalue weighted by molar-refractivity contribution is -0.149. The third-order valence-electron chi connectivity index (χ3n) is 4.79. The normalized spacial score (nSPS) is 20.4. The van der Waals surface area contributed by atoms with Gasteiger partial charge in [-0.15, -0.1) is 0 Å². The Morgan fingerprint density at radius 3 is 2.32 bits per heavy atom. The van der Waals surface area contributed by atoms with Crippen molar-refractivity contribution in [2.24, 2.45) is 0 Å². The molecule has 0 unspecified atom stereocenters. The monoisotopic (exact) mass is 349 g/mol. The second kappa shape index (κ2) is 8.44. The molecule has 1 aromatic rings. The second-order valence-corrected chi connectivity index (χ2v) is 6.28. The Kier molecular flexibility index (Phi) is 6.04. The number of aromatic nitrogens is 2. The molecule has 8 nitrogen and oxygen atoms in total. The minimum Gasteiger partial charge on any atom is -0.465 e. The molecule has 0 bridgehead atoms. The van der Waals surface area contributed by atoms with Gasteiger partial charge in [0, 0.05) is 45.3 Å². The number of carbonyl (C=O) groups is 1. The van der Waals surface area contributed by atoms with Crippen LogP contribution in [0.3, 0.4) is 0 Å². The van der Waals surface area contributed by atoms with Gasteiger partial charge >= 0.3 is 5.97 Å². The van der Waals surface area contributed by atoms with Crippen LogP contribution in [0.5, 0.6) is 0 Å². The topological polar surface area (TPSA) is 71.0 Å². The van der Waals surface area contributed by atoms with E-state index in [2.05, 4.69) is 30.7 Å². The smallest absolute Gasteiger partial charge is 0.323 e. The molecule has 1 aromatic heterocycles. The zero-order valence-corrected chi connectivity index (χ0v) is 15.1. The lowest BCUT2D eigenvalue weighted by Crippen LogP contribution is -2.52. The van der Waals surface area contributed by atoms with Gasteiger partial charge in [-0.3, -0.25) is 9.69 Å². The van der Waals surface area contributed by atoms with Crippen LogP contribution < -0.4 is 9.80 Å². The highest BCUT2D eigenvalue weighted by atomic mass is 16.5. The molecule has 0 aromatic carbocycles. The molecular formula is C17H27N5O3. The number of ether oxygens (including phenoxy) is 2. The molecule has 0 radical (unpaired) electrons. The summed E-state index contributed by atoms with van der Waals surface area (Å²) in [7, 11) is 0. The first-order valence-electron chi connectivity index (χ1n) is 8.99. The quantitative estimate of drug-likeness (QED) is 0.707. The number of piperazine rings is 1. The van der Waals surface area contributed by atoms with Gasteiger partial charge in [0.25, 0.3) is 0 Å². The molecule has 3 heterocycles. The van der Waals surface area contributed by atoms with Crippen LogP contribution in [0.15, 0.2) is 12.4 Å². The van der Waals surface area contributed by atoms with Gasteiger partial charge in [0.1, 0.15) is 24.0 Å². The van der Waals surface area contributed by atoms with Crippen molar-refractivity contribution < 1.29 is 14.3 Å². The first kappa shape index (κ1) is 17.9. The van der Waals surface area contributed by atoms with Crippen LogP contribution in [0.4, 0.5) is 11.6 Å². The van der Waals surface area contributed by atoms with Gasteiger partial charge in [-0.1, -0.05) is 0 Å². The van der Waals surface area contributed by atoms with Crippen molar-refractivity contribution in [2.75, 3.05) is 68.9 Å². The van der Waals surface area contributed by atoms with Crippen LogP contribution in [0, 0.1) is 0 Å². The van der Waals surface area contributed by atoms with Gasteiger partial charge in [-0.25, -0.2) is 9.97 Å². The van der Waals surface area contributed by atoms with Crippen molar-refractivity contribution in [3.63, 3.8) is 0 Å². The van der Waals surface area contributed by atoms with E-state index in [-0.39, 0.29) is 12.0 Å². The van der Waals surface area contributed by atoms with E-state index in [1.165, 1.54) is 0 Å². The van der Waals surface area contributed by atoms with Crippen LogP contribution in [0.25, 0.3) is 0 Å². The van der Waals surface area contributed by atoms with Gasteiger partial charge in [0.15, 0.2) is 0 Å². The number of rotatable bonds is 5. The Morgan fingerprint density at radius 2 is 1.72 bits per heavy atom. The minimum atomic E-state index is -0.198.